The van der Waals surface area contributed by atoms with Gasteiger partial charge >= 0.3 is 0 Å². The van der Waals surface area contributed by atoms with Gasteiger partial charge < -0.3 is 14.7 Å². The van der Waals surface area contributed by atoms with E-state index in [2.05, 4.69) is 9.62 Å². The van der Waals surface area contributed by atoms with Gasteiger partial charge in [0.1, 0.15) is 0 Å². The van der Waals surface area contributed by atoms with Gasteiger partial charge in [0.25, 0.3) is 10.2 Å². The first kappa shape index (κ1) is 16.1. The first-order valence-electron chi connectivity index (χ1n) is 7.20. The fourth-order valence-electron chi connectivity index (χ4n) is 2.74. The van der Waals surface area contributed by atoms with Crippen LogP contribution in [0.1, 0.15) is 19.3 Å². The van der Waals surface area contributed by atoms with Crippen LogP contribution in [0.3, 0.4) is 0 Å². The average Bonchev–Trinajstić information content (AvgIpc) is 2.45. The summed E-state index contributed by atoms with van der Waals surface area (Å²) in [5, 5.41) is 9.31. The molecule has 2 N–H and O–H groups in total. The predicted octanol–water partition coefficient (Wildman–Crippen LogP) is -1.00. The van der Waals surface area contributed by atoms with E-state index in [1.165, 1.54) is 4.31 Å². The molecule has 2 rings (SSSR count). The maximum absolute atomic E-state index is 12.3. The zero-order valence-corrected chi connectivity index (χ0v) is 12.8. The minimum atomic E-state index is -3.54. The number of nitrogens with zero attached hydrogens (tertiary/aromatic N) is 2. The maximum atomic E-state index is 12.3. The molecule has 0 saturated carbocycles. The van der Waals surface area contributed by atoms with Crippen molar-refractivity contribution >= 4 is 10.2 Å². The van der Waals surface area contributed by atoms with Crippen LogP contribution in [0.25, 0.3) is 0 Å². The third-order valence-corrected chi connectivity index (χ3v) is 5.56. The van der Waals surface area contributed by atoms with Crippen molar-refractivity contribution in [2.24, 2.45) is 0 Å². The second-order valence-corrected chi connectivity index (χ2v) is 7.26. The molecule has 2 aliphatic rings. The van der Waals surface area contributed by atoms with Gasteiger partial charge in [0.15, 0.2) is 0 Å². The van der Waals surface area contributed by atoms with E-state index in [1.54, 1.807) is 0 Å². The molecule has 0 amide bonds. The summed E-state index contributed by atoms with van der Waals surface area (Å²) in [7, 11) is -1.54. The van der Waals surface area contributed by atoms with Crippen LogP contribution in [-0.2, 0) is 14.9 Å². The summed E-state index contributed by atoms with van der Waals surface area (Å²) >= 11 is 0. The Morgan fingerprint density at radius 1 is 1.35 bits per heavy atom. The third-order valence-electron chi connectivity index (χ3n) is 3.93. The molecule has 2 heterocycles. The SMILES string of the molecule is CN1CCOC(CNS(=O)(=O)N2CCCCC2CO)C1. The van der Waals surface area contributed by atoms with Gasteiger partial charge in [-0.3, -0.25) is 0 Å². The van der Waals surface area contributed by atoms with Crippen molar-refractivity contribution in [1.29, 1.82) is 0 Å². The Morgan fingerprint density at radius 3 is 2.85 bits per heavy atom. The van der Waals surface area contributed by atoms with Crippen LogP contribution < -0.4 is 4.72 Å². The van der Waals surface area contributed by atoms with Gasteiger partial charge in [-0.1, -0.05) is 6.42 Å². The molecule has 0 aromatic rings. The smallest absolute Gasteiger partial charge is 0.279 e. The molecular weight excluding hydrogens is 282 g/mol. The second kappa shape index (κ2) is 7.15. The highest BCUT2D eigenvalue weighted by atomic mass is 32.2. The van der Waals surface area contributed by atoms with Gasteiger partial charge in [-0.2, -0.15) is 17.4 Å². The normalized spacial score (nSPS) is 30.5. The highest BCUT2D eigenvalue weighted by Gasteiger charge is 2.32. The molecule has 2 aliphatic heterocycles. The lowest BCUT2D eigenvalue weighted by molar-refractivity contribution is -0.0158. The van der Waals surface area contributed by atoms with E-state index in [9.17, 15) is 13.5 Å². The van der Waals surface area contributed by atoms with E-state index in [0.717, 1.165) is 32.4 Å². The Balaban J connectivity index is 1.89. The third kappa shape index (κ3) is 4.12. The van der Waals surface area contributed by atoms with Gasteiger partial charge in [-0.05, 0) is 19.9 Å². The molecule has 20 heavy (non-hydrogen) atoms. The fourth-order valence-corrected chi connectivity index (χ4v) is 4.24. The number of nitrogens with one attached hydrogen (secondary N) is 1. The van der Waals surface area contributed by atoms with E-state index in [0.29, 0.717) is 13.2 Å². The highest BCUT2D eigenvalue weighted by Crippen LogP contribution is 2.19. The van der Waals surface area contributed by atoms with Crippen LogP contribution in [-0.4, -0.2) is 81.3 Å². The van der Waals surface area contributed by atoms with Crippen molar-refractivity contribution in [2.75, 3.05) is 46.4 Å². The zero-order chi connectivity index (χ0) is 14.6. The van der Waals surface area contributed by atoms with E-state index in [1.807, 2.05) is 7.05 Å². The molecule has 8 heteroatoms. The summed E-state index contributed by atoms with van der Waals surface area (Å²) in [5.41, 5.74) is 0. The summed E-state index contributed by atoms with van der Waals surface area (Å²) in [6.07, 6.45) is 2.43. The predicted molar refractivity (Wildman–Crippen MR) is 75.6 cm³/mol. The lowest BCUT2D eigenvalue weighted by atomic mass is 10.1. The minimum Gasteiger partial charge on any atom is -0.395 e. The lowest BCUT2D eigenvalue weighted by Crippen LogP contribution is -2.53. The highest BCUT2D eigenvalue weighted by molar-refractivity contribution is 7.87. The van der Waals surface area contributed by atoms with Crippen molar-refractivity contribution in [3.8, 4) is 0 Å². The first-order chi connectivity index (χ1) is 9.53. The van der Waals surface area contributed by atoms with Gasteiger partial charge in [-0.15, -0.1) is 0 Å². The van der Waals surface area contributed by atoms with Crippen molar-refractivity contribution in [3.05, 3.63) is 0 Å². The topological polar surface area (TPSA) is 82.1 Å². The van der Waals surface area contributed by atoms with Crippen LogP contribution in [0, 0.1) is 0 Å². The standard InChI is InChI=1S/C12H25N3O4S/c1-14-6-7-19-12(9-14)8-13-20(17,18)15-5-3-2-4-11(15)10-16/h11-13,16H,2-10H2,1H3. The number of likely N-dealkylation sites (N-methyl/N-ethyl adjacent to an activating group) is 1. The van der Waals surface area contributed by atoms with Crippen LogP contribution in [0.4, 0.5) is 0 Å². The number of piperidine rings is 1. The van der Waals surface area contributed by atoms with E-state index < -0.39 is 10.2 Å². The molecule has 7 nitrogen and oxygen atoms in total. The molecule has 2 fully saturated rings. The summed E-state index contributed by atoms with van der Waals surface area (Å²) in [5.74, 6) is 0. The Bertz CT molecular complexity index is 404. The Hall–Kier alpha value is -0.250. The molecule has 118 valence electrons. The van der Waals surface area contributed by atoms with E-state index in [-0.39, 0.29) is 25.3 Å². The number of ether oxygens (including phenoxy) is 1. The molecule has 2 atom stereocenters. The number of hydrogen-bond donors (Lipinski definition) is 2. The number of morpholine rings is 1. The number of aliphatic hydroxyl groups is 1. The molecular formula is C12H25N3O4S. The quantitative estimate of drug-likeness (QED) is 0.681. The van der Waals surface area contributed by atoms with Crippen molar-refractivity contribution in [3.63, 3.8) is 0 Å². The summed E-state index contributed by atoms with van der Waals surface area (Å²) in [6.45, 7) is 2.87. The van der Waals surface area contributed by atoms with Gasteiger partial charge in [0, 0.05) is 32.2 Å². The summed E-state index contributed by atoms with van der Waals surface area (Å²) < 4.78 is 34.2. The van der Waals surface area contributed by atoms with Crippen molar-refractivity contribution in [1.82, 2.24) is 13.9 Å². The molecule has 2 saturated heterocycles. The van der Waals surface area contributed by atoms with Gasteiger partial charge in [-0.25, -0.2) is 0 Å². The Morgan fingerprint density at radius 2 is 2.15 bits per heavy atom. The molecule has 0 aliphatic carbocycles. The fraction of sp³-hybridized carbons (Fsp3) is 1.00. The number of aliphatic hydroxyl groups excluding tert-OH is 1. The molecule has 0 spiro atoms. The van der Waals surface area contributed by atoms with Crippen molar-refractivity contribution < 1.29 is 18.3 Å². The molecule has 0 radical (unpaired) electrons. The van der Waals surface area contributed by atoms with Crippen LogP contribution in [0.15, 0.2) is 0 Å². The zero-order valence-electron chi connectivity index (χ0n) is 12.0. The van der Waals surface area contributed by atoms with Crippen LogP contribution in [0.5, 0.6) is 0 Å². The molecule has 0 aromatic carbocycles. The van der Waals surface area contributed by atoms with Crippen LogP contribution >= 0.6 is 0 Å². The second-order valence-electron chi connectivity index (χ2n) is 5.55. The molecule has 0 aromatic heterocycles. The summed E-state index contributed by atoms with van der Waals surface area (Å²) in [6, 6.07) is -0.295. The van der Waals surface area contributed by atoms with E-state index in [4.69, 9.17) is 4.74 Å². The first-order valence-corrected chi connectivity index (χ1v) is 8.64. The largest absolute Gasteiger partial charge is 0.395 e. The molecule has 0 bridgehead atoms. The van der Waals surface area contributed by atoms with E-state index >= 15 is 0 Å². The van der Waals surface area contributed by atoms with Crippen molar-refractivity contribution in [2.45, 2.75) is 31.4 Å². The van der Waals surface area contributed by atoms with Gasteiger partial charge in [0.2, 0.25) is 0 Å². The number of hydrogen-bond acceptors (Lipinski definition) is 5. The van der Waals surface area contributed by atoms with Gasteiger partial charge in [0.05, 0.1) is 19.3 Å². The Kier molecular flexibility index (Phi) is 5.76. The minimum absolute atomic E-state index is 0.110. The Labute approximate surface area is 121 Å². The number of rotatable bonds is 5. The maximum Gasteiger partial charge on any atom is 0.279 e. The average molecular weight is 307 g/mol. The molecule has 2 unspecified atom stereocenters. The lowest BCUT2D eigenvalue weighted by Gasteiger charge is -2.35. The monoisotopic (exact) mass is 307 g/mol. The van der Waals surface area contributed by atoms with Crippen LogP contribution in [0.2, 0.25) is 0 Å². The summed E-state index contributed by atoms with van der Waals surface area (Å²) in [4.78, 5) is 2.12.